The zero-order valence-electron chi connectivity index (χ0n) is 33.5. The first-order chi connectivity index (χ1) is 30.7. The molecule has 0 fully saturated rings. The van der Waals surface area contributed by atoms with Crippen molar-refractivity contribution in [2.75, 3.05) is 0 Å². The van der Waals surface area contributed by atoms with Crippen molar-refractivity contribution in [2.24, 2.45) is 0 Å². The molecule has 11 aromatic rings. The summed E-state index contributed by atoms with van der Waals surface area (Å²) in [6.07, 6.45) is 0. The van der Waals surface area contributed by atoms with Crippen molar-refractivity contribution in [3.63, 3.8) is 0 Å². The summed E-state index contributed by atoms with van der Waals surface area (Å²) in [6, 6.07) is 75.7. The summed E-state index contributed by atoms with van der Waals surface area (Å²) in [5.41, 5.74) is 18.1. The Balaban J connectivity index is 1.09. The highest BCUT2D eigenvalue weighted by atomic mass is 16.3. The van der Waals surface area contributed by atoms with Crippen molar-refractivity contribution < 1.29 is 4.42 Å². The highest BCUT2D eigenvalue weighted by molar-refractivity contribution is 6.13. The molecule has 0 aliphatic heterocycles. The van der Waals surface area contributed by atoms with Crippen LogP contribution in [0.5, 0.6) is 0 Å². The Labute approximate surface area is 358 Å². The smallest absolute Gasteiger partial charge is 0.164 e. The molecule has 62 heavy (non-hydrogen) atoms. The molecule has 0 N–H and O–H groups in total. The molecule has 1 atom stereocenters. The molecular weight excluding hydrogens is 755 g/mol. The maximum absolute atomic E-state index is 6.84. The minimum absolute atomic E-state index is 0.617. The average Bonchev–Trinajstić information content (AvgIpc) is 3.85. The van der Waals surface area contributed by atoms with Crippen LogP contribution in [-0.4, -0.2) is 15.0 Å². The molecule has 13 rings (SSSR count). The van der Waals surface area contributed by atoms with Crippen LogP contribution in [0.15, 0.2) is 217 Å². The molecular formula is C58H35N3O. The maximum atomic E-state index is 6.84. The highest BCUT2D eigenvalue weighted by Gasteiger charge is 2.50. The Morgan fingerprint density at radius 3 is 1.58 bits per heavy atom. The molecule has 0 bridgehead atoms. The average molecular weight is 790 g/mol. The molecule has 0 saturated carbocycles. The monoisotopic (exact) mass is 789 g/mol. The van der Waals surface area contributed by atoms with Gasteiger partial charge in [-0.25, -0.2) is 15.0 Å². The fourth-order valence-corrected chi connectivity index (χ4v) is 10.3. The van der Waals surface area contributed by atoms with Crippen LogP contribution >= 0.6 is 0 Å². The second kappa shape index (κ2) is 13.4. The van der Waals surface area contributed by atoms with Gasteiger partial charge in [0.05, 0.1) is 5.41 Å². The third-order valence-electron chi connectivity index (χ3n) is 13.0. The molecule has 288 valence electrons. The first-order valence-corrected chi connectivity index (χ1v) is 21.1. The van der Waals surface area contributed by atoms with E-state index >= 15 is 0 Å². The van der Waals surface area contributed by atoms with Gasteiger partial charge >= 0.3 is 0 Å². The van der Waals surface area contributed by atoms with E-state index in [9.17, 15) is 0 Å². The summed E-state index contributed by atoms with van der Waals surface area (Å²) in [5.74, 6) is 1.87. The zero-order valence-corrected chi connectivity index (χ0v) is 33.5. The molecule has 0 saturated heterocycles. The highest BCUT2D eigenvalue weighted by Crippen LogP contribution is 2.63. The number of benzene rings is 9. The van der Waals surface area contributed by atoms with Crippen LogP contribution in [0.1, 0.15) is 22.3 Å². The zero-order chi connectivity index (χ0) is 40.8. The van der Waals surface area contributed by atoms with Gasteiger partial charge in [-0.3, -0.25) is 0 Å². The number of para-hydroxylation sites is 1. The Kier molecular flexibility index (Phi) is 7.49. The van der Waals surface area contributed by atoms with Crippen molar-refractivity contribution in [3.05, 3.63) is 235 Å². The van der Waals surface area contributed by atoms with Gasteiger partial charge in [-0.05, 0) is 79.4 Å². The first-order valence-electron chi connectivity index (χ1n) is 21.1. The molecule has 2 heterocycles. The van der Waals surface area contributed by atoms with Crippen LogP contribution in [0.4, 0.5) is 0 Å². The van der Waals surface area contributed by atoms with E-state index in [-0.39, 0.29) is 0 Å². The number of nitrogens with zero attached hydrogens (tertiary/aromatic N) is 3. The molecule has 1 spiro atoms. The van der Waals surface area contributed by atoms with Crippen molar-refractivity contribution in [2.45, 2.75) is 5.41 Å². The minimum Gasteiger partial charge on any atom is -0.455 e. The van der Waals surface area contributed by atoms with E-state index in [0.717, 1.165) is 66.4 Å². The largest absolute Gasteiger partial charge is 0.455 e. The number of rotatable bonds is 4. The summed E-state index contributed by atoms with van der Waals surface area (Å²) < 4.78 is 6.84. The number of furan rings is 1. The van der Waals surface area contributed by atoms with E-state index in [1.807, 2.05) is 30.3 Å². The molecule has 9 aromatic carbocycles. The molecule has 2 aliphatic carbocycles. The van der Waals surface area contributed by atoms with Crippen molar-refractivity contribution in [1.82, 2.24) is 15.0 Å². The fraction of sp³-hybridized carbons (Fsp3) is 0.0172. The summed E-state index contributed by atoms with van der Waals surface area (Å²) in [6.45, 7) is 0. The maximum Gasteiger partial charge on any atom is 0.164 e. The lowest BCUT2D eigenvalue weighted by molar-refractivity contribution is 0.669. The molecule has 1 unspecified atom stereocenters. The molecule has 4 heteroatoms. The van der Waals surface area contributed by atoms with E-state index in [0.29, 0.717) is 17.5 Å². The van der Waals surface area contributed by atoms with Gasteiger partial charge in [-0.2, -0.15) is 0 Å². The van der Waals surface area contributed by atoms with Gasteiger partial charge in [0.15, 0.2) is 17.5 Å². The van der Waals surface area contributed by atoms with Crippen LogP contribution in [0.3, 0.4) is 0 Å². The van der Waals surface area contributed by atoms with Gasteiger partial charge in [-0.1, -0.05) is 194 Å². The lowest BCUT2D eigenvalue weighted by Crippen LogP contribution is -2.29. The lowest BCUT2D eigenvalue weighted by Gasteiger charge is -2.35. The molecule has 2 aromatic heterocycles. The topological polar surface area (TPSA) is 51.8 Å². The quantitative estimate of drug-likeness (QED) is 0.178. The van der Waals surface area contributed by atoms with Gasteiger partial charge in [0, 0.05) is 33.0 Å². The first kappa shape index (κ1) is 34.6. The van der Waals surface area contributed by atoms with Crippen LogP contribution in [0.2, 0.25) is 0 Å². The van der Waals surface area contributed by atoms with E-state index in [2.05, 4.69) is 182 Å². The van der Waals surface area contributed by atoms with Gasteiger partial charge in [0.2, 0.25) is 0 Å². The summed E-state index contributed by atoms with van der Waals surface area (Å²) >= 11 is 0. The second-order valence-electron chi connectivity index (χ2n) is 16.2. The lowest BCUT2D eigenvalue weighted by atomic mass is 9.65. The Hall–Kier alpha value is -8.21. The van der Waals surface area contributed by atoms with Crippen LogP contribution in [-0.2, 0) is 5.41 Å². The minimum atomic E-state index is -0.667. The predicted molar refractivity (Wildman–Crippen MR) is 251 cm³/mol. The van der Waals surface area contributed by atoms with E-state index in [4.69, 9.17) is 19.4 Å². The third kappa shape index (κ3) is 4.98. The van der Waals surface area contributed by atoms with Crippen molar-refractivity contribution >= 4 is 21.9 Å². The van der Waals surface area contributed by atoms with Gasteiger partial charge in [-0.15, -0.1) is 0 Å². The summed E-state index contributed by atoms with van der Waals surface area (Å²) in [7, 11) is 0. The van der Waals surface area contributed by atoms with E-state index in [1.165, 1.54) is 38.9 Å². The van der Waals surface area contributed by atoms with Crippen LogP contribution in [0, 0.1) is 0 Å². The van der Waals surface area contributed by atoms with E-state index in [1.54, 1.807) is 0 Å². The van der Waals surface area contributed by atoms with Crippen molar-refractivity contribution in [1.29, 1.82) is 0 Å². The Bertz CT molecular complexity index is 3590. The molecule has 0 radical (unpaired) electrons. The standard InChI is InChI=1S/C58H35N3O/c1-3-16-36(17-4-1)38-20-15-21-39(34-38)56-59-55(37-18-5-2-6-19-37)60-57(61-56)40-30-32-50-47(35-40)42-23-8-7-22-41(42)43-24-9-12-27-48(43)58(50)49-28-13-10-26-46(49)53-51(58)33-31-45-44-25-11-14-29-52(44)62-54(45)53/h1-35H. The predicted octanol–water partition coefficient (Wildman–Crippen LogP) is 14.4. The van der Waals surface area contributed by atoms with E-state index < -0.39 is 5.41 Å². The second-order valence-corrected chi connectivity index (χ2v) is 16.2. The number of fused-ring (bicyclic) bond motifs is 16. The van der Waals surface area contributed by atoms with Gasteiger partial charge < -0.3 is 4.42 Å². The SMILES string of the molecule is c1ccc(-c2cccc(-c3nc(-c4ccccc4)nc(-c4ccc5c(c4)-c4ccccc4-c4ccccc4C54c5ccccc5-c5c4ccc4c5oc5ccccc54)n3)c2)cc1. The Morgan fingerprint density at radius 1 is 0.306 bits per heavy atom. The number of aromatic nitrogens is 3. The van der Waals surface area contributed by atoms with Gasteiger partial charge in [0.1, 0.15) is 11.2 Å². The molecule has 0 amide bonds. The number of hydrogen-bond acceptors (Lipinski definition) is 4. The third-order valence-corrected chi connectivity index (χ3v) is 13.0. The molecule has 2 aliphatic rings. The number of hydrogen-bond donors (Lipinski definition) is 0. The fourth-order valence-electron chi connectivity index (χ4n) is 10.3. The van der Waals surface area contributed by atoms with Crippen LogP contribution < -0.4 is 0 Å². The van der Waals surface area contributed by atoms with Crippen LogP contribution in [0.25, 0.3) is 101 Å². The van der Waals surface area contributed by atoms with Gasteiger partial charge in [0.25, 0.3) is 0 Å². The Morgan fingerprint density at radius 2 is 0.823 bits per heavy atom. The van der Waals surface area contributed by atoms with Crippen molar-refractivity contribution in [3.8, 4) is 78.7 Å². The summed E-state index contributed by atoms with van der Waals surface area (Å²) in [4.78, 5) is 15.6. The summed E-state index contributed by atoms with van der Waals surface area (Å²) in [5, 5.41) is 2.25. The normalized spacial score (nSPS) is 14.5. The molecule has 4 nitrogen and oxygen atoms in total.